The molecule has 0 aliphatic carbocycles. The molecule has 3 heterocycles. The van der Waals surface area contributed by atoms with Crippen molar-refractivity contribution in [3.63, 3.8) is 0 Å². The predicted octanol–water partition coefficient (Wildman–Crippen LogP) is 4.76. The zero-order chi connectivity index (χ0) is 19.8. The average Bonchev–Trinajstić information content (AvgIpc) is 3.44. The molecule has 0 spiro atoms. The number of ether oxygens (including phenoxy) is 1. The molecule has 8 heteroatoms. The molecule has 0 unspecified atom stereocenters. The zero-order valence-electron chi connectivity index (χ0n) is 15.8. The highest BCUT2D eigenvalue weighted by Crippen LogP contribution is 2.30. The van der Waals surface area contributed by atoms with E-state index in [0.717, 1.165) is 29.7 Å². The summed E-state index contributed by atoms with van der Waals surface area (Å²) in [6, 6.07) is 8.67. The van der Waals surface area contributed by atoms with Gasteiger partial charge in [-0.05, 0) is 56.6 Å². The van der Waals surface area contributed by atoms with Crippen LogP contribution in [-0.4, -0.2) is 51.3 Å². The number of rotatable bonds is 6. The third-order valence-corrected chi connectivity index (χ3v) is 5.66. The summed E-state index contributed by atoms with van der Waals surface area (Å²) in [5, 5.41) is 7.85. The number of benzene rings is 2. The summed E-state index contributed by atoms with van der Waals surface area (Å²) < 4.78 is 19.8. The molecule has 0 radical (unpaired) electrons. The minimum absolute atomic E-state index is 0.0591. The second kappa shape index (κ2) is 7.65. The number of likely N-dealkylation sites (tertiary alicyclic amines) is 1. The lowest BCUT2D eigenvalue weighted by Gasteiger charge is -2.14. The number of hydrogen-bond donors (Lipinski definition) is 2. The maximum Gasteiger partial charge on any atom is 0.159 e. The van der Waals surface area contributed by atoms with E-state index in [4.69, 9.17) is 16.3 Å². The summed E-state index contributed by atoms with van der Waals surface area (Å²) in [5.74, 6) is 0.889. The second-order valence-electron chi connectivity index (χ2n) is 7.40. The Labute approximate surface area is 172 Å². The number of nitrogens with one attached hydrogen (secondary N) is 2. The average molecular weight is 414 g/mol. The Morgan fingerprint density at radius 1 is 1.14 bits per heavy atom. The highest BCUT2D eigenvalue weighted by molar-refractivity contribution is 6.31. The Bertz CT molecular complexity index is 1160. The normalized spacial score (nSPS) is 15.0. The Balaban J connectivity index is 1.33. The molecule has 2 aromatic heterocycles. The minimum atomic E-state index is -0.484. The van der Waals surface area contributed by atoms with Gasteiger partial charge < -0.3 is 14.6 Å². The molecular weight excluding hydrogens is 393 g/mol. The standard InChI is InChI=1S/C21H21ClFN5O/c22-15-12-18-14(11-16(15)23)20(27-26-18)21-24-17-5-4-13(10-19(17)25-21)29-9-3-8-28-6-1-2-7-28/h4-5,10-12H,1-3,6-9H2,(H,24,25)(H,26,27). The lowest BCUT2D eigenvalue weighted by Crippen LogP contribution is -2.21. The van der Waals surface area contributed by atoms with Gasteiger partial charge in [0.05, 0.1) is 28.2 Å². The summed E-state index contributed by atoms with van der Waals surface area (Å²) in [6.07, 6.45) is 3.63. The molecular formula is C21H21ClFN5O. The largest absolute Gasteiger partial charge is 0.493 e. The van der Waals surface area contributed by atoms with Crippen LogP contribution in [0.1, 0.15) is 19.3 Å². The van der Waals surface area contributed by atoms with Crippen LogP contribution >= 0.6 is 11.6 Å². The van der Waals surface area contributed by atoms with E-state index in [1.807, 2.05) is 18.2 Å². The molecule has 1 saturated heterocycles. The second-order valence-corrected chi connectivity index (χ2v) is 7.81. The van der Waals surface area contributed by atoms with Crippen LogP contribution in [0.5, 0.6) is 5.75 Å². The number of aromatic amines is 2. The highest BCUT2D eigenvalue weighted by Gasteiger charge is 2.15. The van der Waals surface area contributed by atoms with E-state index in [2.05, 4.69) is 25.1 Å². The van der Waals surface area contributed by atoms with Gasteiger partial charge in [-0.3, -0.25) is 5.10 Å². The van der Waals surface area contributed by atoms with Crippen molar-refractivity contribution in [1.29, 1.82) is 0 Å². The van der Waals surface area contributed by atoms with E-state index in [9.17, 15) is 4.39 Å². The maximum absolute atomic E-state index is 13.9. The van der Waals surface area contributed by atoms with Crippen molar-refractivity contribution >= 4 is 33.5 Å². The number of halogens is 2. The molecule has 1 aliphatic rings. The summed E-state index contributed by atoms with van der Waals surface area (Å²) in [7, 11) is 0. The van der Waals surface area contributed by atoms with Crippen molar-refractivity contribution in [3.05, 3.63) is 41.2 Å². The Morgan fingerprint density at radius 3 is 2.86 bits per heavy atom. The lowest BCUT2D eigenvalue weighted by molar-refractivity contribution is 0.263. The summed E-state index contributed by atoms with van der Waals surface area (Å²) >= 11 is 5.85. The van der Waals surface area contributed by atoms with Crippen LogP contribution in [0, 0.1) is 5.82 Å². The van der Waals surface area contributed by atoms with Gasteiger partial charge in [0.1, 0.15) is 17.3 Å². The van der Waals surface area contributed by atoms with Gasteiger partial charge in [0.15, 0.2) is 5.82 Å². The molecule has 0 amide bonds. The first-order valence-electron chi connectivity index (χ1n) is 9.86. The molecule has 0 saturated carbocycles. The van der Waals surface area contributed by atoms with Gasteiger partial charge in [0, 0.05) is 18.0 Å². The molecule has 2 aromatic carbocycles. The highest BCUT2D eigenvalue weighted by atomic mass is 35.5. The van der Waals surface area contributed by atoms with Gasteiger partial charge >= 0.3 is 0 Å². The zero-order valence-corrected chi connectivity index (χ0v) is 16.6. The summed E-state index contributed by atoms with van der Waals surface area (Å²) in [4.78, 5) is 10.3. The fraction of sp³-hybridized carbons (Fsp3) is 0.333. The van der Waals surface area contributed by atoms with E-state index >= 15 is 0 Å². The van der Waals surface area contributed by atoms with Gasteiger partial charge in [-0.15, -0.1) is 0 Å². The quantitative estimate of drug-likeness (QED) is 0.447. The van der Waals surface area contributed by atoms with Gasteiger partial charge in [0.2, 0.25) is 0 Å². The van der Waals surface area contributed by atoms with E-state index in [0.29, 0.717) is 29.0 Å². The number of imidazole rings is 1. The number of fused-ring (bicyclic) bond motifs is 2. The van der Waals surface area contributed by atoms with Crippen LogP contribution in [-0.2, 0) is 0 Å². The van der Waals surface area contributed by atoms with Crippen LogP contribution in [0.3, 0.4) is 0 Å². The fourth-order valence-electron chi connectivity index (χ4n) is 3.87. The first kappa shape index (κ1) is 18.4. The molecule has 1 aliphatic heterocycles. The summed E-state index contributed by atoms with van der Waals surface area (Å²) in [6.45, 7) is 4.19. The summed E-state index contributed by atoms with van der Waals surface area (Å²) in [5.41, 5.74) is 2.87. The van der Waals surface area contributed by atoms with Crippen LogP contribution in [0.25, 0.3) is 33.5 Å². The molecule has 150 valence electrons. The Hall–Kier alpha value is -2.64. The van der Waals surface area contributed by atoms with E-state index < -0.39 is 5.82 Å². The third-order valence-electron chi connectivity index (χ3n) is 5.37. The van der Waals surface area contributed by atoms with Crippen molar-refractivity contribution < 1.29 is 9.13 Å². The van der Waals surface area contributed by atoms with Gasteiger partial charge in [0.25, 0.3) is 0 Å². The minimum Gasteiger partial charge on any atom is -0.493 e. The smallest absolute Gasteiger partial charge is 0.159 e. The molecule has 2 N–H and O–H groups in total. The topological polar surface area (TPSA) is 69.8 Å². The van der Waals surface area contributed by atoms with E-state index in [1.54, 1.807) is 0 Å². The number of nitrogens with zero attached hydrogens (tertiary/aromatic N) is 3. The van der Waals surface area contributed by atoms with Crippen LogP contribution in [0.2, 0.25) is 5.02 Å². The molecule has 5 rings (SSSR count). The molecule has 0 bridgehead atoms. The van der Waals surface area contributed by atoms with Crippen molar-refractivity contribution in [2.24, 2.45) is 0 Å². The number of aromatic nitrogens is 4. The maximum atomic E-state index is 13.9. The van der Waals surface area contributed by atoms with Crippen molar-refractivity contribution in [3.8, 4) is 17.3 Å². The first-order chi connectivity index (χ1) is 14.2. The molecule has 4 aromatic rings. The van der Waals surface area contributed by atoms with E-state index in [-0.39, 0.29) is 5.02 Å². The molecule has 6 nitrogen and oxygen atoms in total. The van der Waals surface area contributed by atoms with Gasteiger partial charge in [-0.2, -0.15) is 5.10 Å². The predicted molar refractivity (Wildman–Crippen MR) is 112 cm³/mol. The van der Waals surface area contributed by atoms with Gasteiger partial charge in [-0.1, -0.05) is 11.6 Å². The number of hydrogen-bond acceptors (Lipinski definition) is 4. The molecule has 1 fully saturated rings. The Kier molecular flexibility index (Phi) is 4.85. The van der Waals surface area contributed by atoms with Crippen LogP contribution in [0.15, 0.2) is 30.3 Å². The lowest BCUT2D eigenvalue weighted by atomic mass is 10.2. The molecule has 29 heavy (non-hydrogen) atoms. The molecule has 0 atom stereocenters. The van der Waals surface area contributed by atoms with Crippen LogP contribution in [0.4, 0.5) is 4.39 Å². The van der Waals surface area contributed by atoms with Crippen molar-refractivity contribution in [2.45, 2.75) is 19.3 Å². The monoisotopic (exact) mass is 413 g/mol. The third kappa shape index (κ3) is 3.68. The van der Waals surface area contributed by atoms with E-state index in [1.165, 1.54) is 38.1 Å². The SMILES string of the molecule is Fc1cc2c(-c3nc4ccc(OCCCN5CCCC5)cc4[nH]3)n[nH]c2cc1Cl. The Morgan fingerprint density at radius 2 is 2.00 bits per heavy atom. The van der Waals surface area contributed by atoms with Crippen molar-refractivity contribution in [2.75, 3.05) is 26.2 Å². The van der Waals surface area contributed by atoms with Crippen LogP contribution < -0.4 is 4.74 Å². The first-order valence-corrected chi connectivity index (χ1v) is 10.2. The fourth-order valence-corrected chi connectivity index (χ4v) is 4.03. The number of H-pyrrole nitrogens is 2. The van der Waals surface area contributed by atoms with Gasteiger partial charge in [-0.25, -0.2) is 9.37 Å². The van der Waals surface area contributed by atoms with Crippen molar-refractivity contribution in [1.82, 2.24) is 25.1 Å².